The van der Waals surface area contributed by atoms with Crippen LogP contribution in [-0.4, -0.2) is 51.0 Å². The van der Waals surface area contributed by atoms with Crippen molar-refractivity contribution in [1.82, 2.24) is 14.5 Å². The Kier molecular flexibility index (Phi) is 8.81. The highest BCUT2D eigenvalue weighted by Gasteiger charge is 2.31. The highest BCUT2D eigenvalue weighted by Crippen LogP contribution is 2.28. The molecule has 0 aliphatic carbocycles. The number of ether oxygens (including phenoxy) is 1. The fourth-order valence-corrected chi connectivity index (χ4v) is 2.97. The molecule has 2 atom stereocenters. The van der Waals surface area contributed by atoms with Gasteiger partial charge in [0.25, 0.3) is 0 Å². The van der Waals surface area contributed by atoms with E-state index in [1.807, 2.05) is 0 Å². The van der Waals surface area contributed by atoms with Crippen LogP contribution in [0.3, 0.4) is 0 Å². The molecule has 8 nitrogen and oxygen atoms in total. The van der Waals surface area contributed by atoms with Gasteiger partial charge in [-0.15, -0.1) is 0 Å². The zero-order valence-electron chi connectivity index (χ0n) is 17.8. The SMILES string of the molecule is CCC(Cn1ccc2cnc(N/C(C=NCC(O)OC(C)C)=C/N)nc21)CC(F)(F)F. The number of fused-ring (bicyclic) bond motifs is 1. The third-order valence-corrected chi connectivity index (χ3v) is 4.41. The average molecular weight is 442 g/mol. The zero-order chi connectivity index (χ0) is 23.0. The maximum absolute atomic E-state index is 12.8. The van der Waals surface area contributed by atoms with Gasteiger partial charge in [-0.3, -0.25) is 4.99 Å². The van der Waals surface area contributed by atoms with Crippen molar-refractivity contribution in [2.45, 2.75) is 58.7 Å². The summed E-state index contributed by atoms with van der Waals surface area (Å²) in [6.07, 6.45) is 0.149. The first-order valence-electron chi connectivity index (χ1n) is 10.0. The van der Waals surface area contributed by atoms with Crippen molar-refractivity contribution in [3.8, 4) is 0 Å². The number of aromatic nitrogens is 3. The average Bonchev–Trinajstić information content (AvgIpc) is 3.07. The summed E-state index contributed by atoms with van der Waals surface area (Å²) in [6.45, 7) is 5.57. The number of aliphatic imine (C=N–C) groups is 1. The number of hydrogen-bond donors (Lipinski definition) is 3. The summed E-state index contributed by atoms with van der Waals surface area (Å²) in [5, 5.41) is 13.3. The van der Waals surface area contributed by atoms with E-state index < -0.39 is 24.8 Å². The van der Waals surface area contributed by atoms with E-state index in [0.29, 0.717) is 23.2 Å². The minimum atomic E-state index is -4.21. The first-order chi connectivity index (χ1) is 14.6. The Bertz CT molecular complexity index is 895. The molecule has 4 N–H and O–H groups in total. The van der Waals surface area contributed by atoms with Crippen molar-refractivity contribution < 1.29 is 23.0 Å². The van der Waals surface area contributed by atoms with E-state index in [1.165, 1.54) is 12.4 Å². The van der Waals surface area contributed by atoms with Crippen molar-refractivity contribution in [2.75, 3.05) is 11.9 Å². The van der Waals surface area contributed by atoms with Crippen LogP contribution >= 0.6 is 0 Å². The first-order valence-corrected chi connectivity index (χ1v) is 10.0. The third-order valence-electron chi connectivity index (χ3n) is 4.41. The quantitative estimate of drug-likeness (QED) is 0.363. The first kappa shape index (κ1) is 24.6. The Morgan fingerprint density at radius 3 is 2.77 bits per heavy atom. The molecule has 2 aromatic rings. The van der Waals surface area contributed by atoms with E-state index in [1.54, 1.807) is 43.8 Å². The molecular weight excluding hydrogens is 413 g/mol. The molecular formula is C20H29F3N6O2. The van der Waals surface area contributed by atoms with E-state index in [2.05, 4.69) is 20.3 Å². The summed E-state index contributed by atoms with van der Waals surface area (Å²) in [5.74, 6) is -0.327. The van der Waals surface area contributed by atoms with E-state index in [9.17, 15) is 18.3 Å². The molecule has 0 bridgehead atoms. The van der Waals surface area contributed by atoms with Gasteiger partial charge in [0.1, 0.15) is 5.65 Å². The summed E-state index contributed by atoms with van der Waals surface area (Å²) in [7, 11) is 0. The predicted molar refractivity (Wildman–Crippen MR) is 113 cm³/mol. The lowest BCUT2D eigenvalue weighted by Gasteiger charge is -2.18. The van der Waals surface area contributed by atoms with E-state index in [0.717, 1.165) is 0 Å². The van der Waals surface area contributed by atoms with Crippen LogP contribution in [-0.2, 0) is 11.3 Å². The second-order valence-corrected chi connectivity index (χ2v) is 7.41. The number of anilines is 1. The van der Waals surface area contributed by atoms with Crippen molar-refractivity contribution in [2.24, 2.45) is 16.6 Å². The highest BCUT2D eigenvalue weighted by atomic mass is 19.4. The van der Waals surface area contributed by atoms with Gasteiger partial charge in [0.05, 0.1) is 18.3 Å². The van der Waals surface area contributed by atoms with Gasteiger partial charge in [0, 0.05) is 43.2 Å². The van der Waals surface area contributed by atoms with Crippen LogP contribution in [0.2, 0.25) is 0 Å². The van der Waals surface area contributed by atoms with Gasteiger partial charge in [-0.25, -0.2) is 4.98 Å². The number of alkyl halides is 3. The monoisotopic (exact) mass is 442 g/mol. The molecule has 0 amide bonds. The number of nitrogens with one attached hydrogen (secondary N) is 1. The minimum absolute atomic E-state index is 0.0254. The largest absolute Gasteiger partial charge is 0.403 e. The smallest absolute Gasteiger partial charge is 0.389 e. The van der Waals surface area contributed by atoms with Crippen LogP contribution in [0.4, 0.5) is 19.1 Å². The summed E-state index contributed by atoms with van der Waals surface area (Å²) >= 11 is 0. The minimum Gasteiger partial charge on any atom is -0.403 e. The number of nitrogens with two attached hydrogens (primary N) is 1. The van der Waals surface area contributed by atoms with Gasteiger partial charge in [0.15, 0.2) is 6.29 Å². The molecule has 0 radical (unpaired) electrons. The van der Waals surface area contributed by atoms with E-state index in [-0.39, 0.29) is 25.1 Å². The van der Waals surface area contributed by atoms with Gasteiger partial charge in [0.2, 0.25) is 5.95 Å². The number of nitrogens with zero attached hydrogens (tertiary/aromatic N) is 4. The van der Waals surface area contributed by atoms with Crippen LogP contribution in [0.15, 0.2) is 35.3 Å². The van der Waals surface area contributed by atoms with Crippen LogP contribution < -0.4 is 11.1 Å². The molecule has 0 aliphatic rings. The zero-order valence-corrected chi connectivity index (χ0v) is 17.8. The molecule has 0 aliphatic heterocycles. The van der Waals surface area contributed by atoms with Crippen molar-refractivity contribution >= 4 is 23.2 Å². The molecule has 11 heteroatoms. The Morgan fingerprint density at radius 2 is 2.16 bits per heavy atom. The molecule has 2 unspecified atom stereocenters. The molecule has 0 aromatic carbocycles. The number of aliphatic hydroxyl groups is 1. The van der Waals surface area contributed by atoms with Crippen LogP contribution in [0, 0.1) is 5.92 Å². The molecule has 2 rings (SSSR count). The lowest BCUT2D eigenvalue weighted by Crippen LogP contribution is -2.20. The molecule has 172 valence electrons. The molecule has 2 aromatic heterocycles. The van der Waals surface area contributed by atoms with Crippen molar-refractivity contribution in [3.63, 3.8) is 0 Å². The standard InChI is InChI=1S/C20H29F3N6O2/c1-4-14(7-20(21,22)23)12-29-6-5-15-9-26-19(28-18(15)29)27-16(8-24)10-25-11-17(30)31-13(2)3/h5-6,8-10,13-14,17,30H,4,7,11-12,24H2,1-3H3,(H,26,27,28)/b16-8+,25-10?. The summed E-state index contributed by atoms with van der Waals surface area (Å²) in [5.41, 5.74) is 6.51. The van der Waals surface area contributed by atoms with Gasteiger partial charge in [-0.1, -0.05) is 13.3 Å². The fourth-order valence-electron chi connectivity index (χ4n) is 2.97. The highest BCUT2D eigenvalue weighted by molar-refractivity contribution is 5.83. The normalized spacial score (nSPS) is 15.2. The third kappa shape index (κ3) is 8.18. The maximum Gasteiger partial charge on any atom is 0.389 e. The summed E-state index contributed by atoms with van der Waals surface area (Å²) in [4.78, 5) is 12.7. The van der Waals surface area contributed by atoms with Gasteiger partial charge < -0.3 is 25.5 Å². The lowest BCUT2D eigenvalue weighted by molar-refractivity contribution is -0.145. The second-order valence-electron chi connectivity index (χ2n) is 7.41. The molecule has 2 heterocycles. The Balaban J connectivity index is 2.10. The number of aliphatic hydroxyl groups excluding tert-OH is 1. The Morgan fingerprint density at radius 1 is 1.42 bits per heavy atom. The van der Waals surface area contributed by atoms with Crippen molar-refractivity contribution in [3.05, 3.63) is 30.4 Å². The molecule has 0 saturated carbocycles. The topological polar surface area (TPSA) is 111 Å². The van der Waals surface area contributed by atoms with Gasteiger partial charge in [-0.05, 0) is 25.8 Å². The summed E-state index contributed by atoms with van der Waals surface area (Å²) in [6, 6.07) is 1.76. The number of allylic oxidation sites excluding steroid dienone is 1. The fraction of sp³-hybridized carbons (Fsp3) is 0.550. The predicted octanol–water partition coefficient (Wildman–Crippen LogP) is 3.44. The molecule has 0 fully saturated rings. The number of hydrogen-bond acceptors (Lipinski definition) is 7. The van der Waals surface area contributed by atoms with Crippen LogP contribution in [0.5, 0.6) is 0 Å². The van der Waals surface area contributed by atoms with Crippen LogP contribution in [0.1, 0.15) is 33.6 Å². The van der Waals surface area contributed by atoms with Crippen molar-refractivity contribution in [1.29, 1.82) is 0 Å². The Labute approximate surface area is 179 Å². The summed E-state index contributed by atoms with van der Waals surface area (Å²) < 4.78 is 45.3. The maximum atomic E-state index is 12.8. The molecule has 0 saturated heterocycles. The Hall–Kier alpha value is -2.66. The molecule has 31 heavy (non-hydrogen) atoms. The number of rotatable bonds is 11. The number of halogens is 3. The van der Waals surface area contributed by atoms with E-state index in [4.69, 9.17) is 10.5 Å². The van der Waals surface area contributed by atoms with Crippen LogP contribution in [0.25, 0.3) is 11.0 Å². The lowest BCUT2D eigenvalue weighted by atomic mass is 10.0. The molecule has 0 spiro atoms. The van der Waals surface area contributed by atoms with Gasteiger partial charge in [-0.2, -0.15) is 18.2 Å². The van der Waals surface area contributed by atoms with Gasteiger partial charge >= 0.3 is 6.18 Å². The second kappa shape index (κ2) is 11.1. The van der Waals surface area contributed by atoms with E-state index >= 15 is 0 Å².